The van der Waals surface area contributed by atoms with Crippen LogP contribution in [0.15, 0.2) is 40.6 Å². The molecule has 1 fully saturated rings. The molecule has 21 heavy (non-hydrogen) atoms. The molecular weight excluding hydrogens is 282 g/mol. The van der Waals surface area contributed by atoms with Gasteiger partial charge >= 0.3 is 0 Å². The minimum atomic E-state index is 0.266. The van der Waals surface area contributed by atoms with Gasteiger partial charge in [0, 0.05) is 6.54 Å². The average molecular weight is 299 g/mol. The van der Waals surface area contributed by atoms with Gasteiger partial charge in [0.05, 0.1) is 17.7 Å². The summed E-state index contributed by atoms with van der Waals surface area (Å²) in [6, 6.07) is 6.42. The average Bonchev–Trinajstić information content (AvgIpc) is 3.18. The van der Waals surface area contributed by atoms with Crippen molar-refractivity contribution in [2.75, 3.05) is 11.4 Å². The zero-order valence-corrected chi connectivity index (χ0v) is 12.7. The lowest BCUT2D eigenvalue weighted by Crippen LogP contribution is -2.36. The summed E-state index contributed by atoms with van der Waals surface area (Å²) in [5.41, 5.74) is 0. The fraction of sp³-hybridized carbons (Fsp3) is 0.375. The van der Waals surface area contributed by atoms with E-state index in [1.165, 1.54) is 6.42 Å². The second-order valence-corrected chi connectivity index (χ2v) is 6.59. The normalized spacial score (nSPS) is 22.8. The van der Waals surface area contributed by atoms with Gasteiger partial charge in [-0.2, -0.15) is 0 Å². The quantitative estimate of drug-likeness (QED) is 0.709. The number of thiophene rings is 1. The molecule has 0 amide bonds. The van der Waals surface area contributed by atoms with Crippen LogP contribution in [0.1, 0.15) is 31.6 Å². The molecule has 0 spiro atoms. The number of fused-ring (bicyclic) bond motifs is 1. The van der Waals surface area contributed by atoms with Crippen molar-refractivity contribution in [1.82, 2.24) is 9.97 Å². The van der Waals surface area contributed by atoms with Crippen LogP contribution >= 0.6 is 11.3 Å². The highest BCUT2D eigenvalue weighted by Gasteiger charge is 2.31. The van der Waals surface area contributed by atoms with Crippen molar-refractivity contribution in [3.63, 3.8) is 0 Å². The van der Waals surface area contributed by atoms with Gasteiger partial charge in [0.1, 0.15) is 22.7 Å². The second-order valence-electron chi connectivity index (χ2n) is 5.69. The molecule has 1 saturated heterocycles. The Morgan fingerprint density at radius 2 is 2.29 bits per heavy atom. The summed E-state index contributed by atoms with van der Waals surface area (Å²) in [4.78, 5) is 12.4. The number of nitrogens with zero attached hydrogens (tertiary/aromatic N) is 3. The van der Waals surface area contributed by atoms with E-state index < -0.39 is 0 Å². The summed E-state index contributed by atoms with van der Waals surface area (Å²) in [6.07, 6.45) is 5.72. The SMILES string of the molecule is CC1CCN(c2ncnc3sccc23)C(c2ccco2)C1. The van der Waals surface area contributed by atoms with Gasteiger partial charge in [-0.1, -0.05) is 6.92 Å². The minimum absolute atomic E-state index is 0.266. The van der Waals surface area contributed by atoms with Crippen molar-refractivity contribution in [2.45, 2.75) is 25.8 Å². The van der Waals surface area contributed by atoms with Crippen molar-refractivity contribution in [1.29, 1.82) is 0 Å². The van der Waals surface area contributed by atoms with Crippen LogP contribution in [0, 0.1) is 5.92 Å². The maximum atomic E-state index is 5.68. The zero-order valence-electron chi connectivity index (χ0n) is 11.9. The van der Waals surface area contributed by atoms with Gasteiger partial charge in [0.25, 0.3) is 0 Å². The van der Waals surface area contributed by atoms with Gasteiger partial charge in [-0.15, -0.1) is 11.3 Å². The molecule has 0 aromatic carbocycles. The Balaban J connectivity index is 1.79. The maximum Gasteiger partial charge on any atom is 0.141 e. The summed E-state index contributed by atoms with van der Waals surface area (Å²) in [6.45, 7) is 3.32. The van der Waals surface area contributed by atoms with Crippen molar-refractivity contribution in [3.8, 4) is 0 Å². The van der Waals surface area contributed by atoms with E-state index in [2.05, 4.69) is 39.3 Å². The molecule has 4 heterocycles. The zero-order chi connectivity index (χ0) is 14.2. The Labute approximate surface area is 127 Å². The molecule has 0 saturated carbocycles. The van der Waals surface area contributed by atoms with Crippen LogP contribution in [0.2, 0.25) is 0 Å². The van der Waals surface area contributed by atoms with E-state index in [1.807, 2.05) is 6.07 Å². The fourth-order valence-corrected chi connectivity index (χ4v) is 3.88. The largest absolute Gasteiger partial charge is 0.467 e. The predicted octanol–water partition coefficient (Wildman–Crippen LogP) is 4.26. The molecule has 2 atom stereocenters. The van der Waals surface area contributed by atoms with Crippen molar-refractivity contribution >= 4 is 27.4 Å². The Morgan fingerprint density at radius 1 is 1.33 bits per heavy atom. The van der Waals surface area contributed by atoms with E-state index in [1.54, 1.807) is 23.9 Å². The maximum absolute atomic E-state index is 5.68. The number of aromatic nitrogens is 2. The topological polar surface area (TPSA) is 42.2 Å². The van der Waals surface area contributed by atoms with E-state index in [4.69, 9.17) is 4.42 Å². The van der Waals surface area contributed by atoms with E-state index in [-0.39, 0.29) is 6.04 Å². The number of hydrogen-bond acceptors (Lipinski definition) is 5. The van der Waals surface area contributed by atoms with Gasteiger partial charge in [-0.3, -0.25) is 0 Å². The molecule has 3 aromatic heterocycles. The first kappa shape index (κ1) is 12.8. The predicted molar refractivity (Wildman–Crippen MR) is 84.6 cm³/mol. The number of anilines is 1. The molecule has 0 aliphatic carbocycles. The van der Waals surface area contributed by atoms with Crippen LogP contribution in [0.25, 0.3) is 10.2 Å². The molecule has 4 nitrogen and oxygen atoms in total. The lowest BCUT2D eigenvalue weighted by atomic mass is 9.91. The first-order chi connectivity index (χ1) is 10.3. The van der Waals surface area contributed by atoms with Gasteiger partial charge in [0.2, 0.25) is 0 Å². The minimum Gasteiger partial charge on any atom is -0.467 e. The third kappa shape index (κ3) is 2.21. The molecule has 3 aromatic rings. The third-order valence-corrected chi connectivity index (χ3v) is 5.07. The van der Waals surface area contributed by atoms with Crippen LogP contribution < -0.4 is 4.90 Å². The van der Waals surface area contributed by atoms with Gasteiger partial charge in [-0.05, 0) is 42.3 Å². The van der Waals surface area contributed by atoms with Crippen molar-refractivity contribution < 1.29 is 4.42 Å². The molecule has 0 bridgehead atoms. The summed E-state index contributed by atoms with van der Waals surface area (Å²) in [7, 11) is 0. The fourth-order valence-electron chi connectivity index (χ4n) is 3.15. The lowest BCUT2D eigenvalue weighted by Gasteiger charge is -2.38. The smallest absolute Gasteiger partial charge is 0.141 e. The summed E-state index contributed by atoms with van der Waals surface area (Å²) in [5, 5.41) is 3.23. The number of piperidine rings is 1. The number of furan rings is 1. The number of rotatable bonds is 2. The molecule has 0 N–H and O–H groups in total. The Morgan fingerprint density at radius 3 is 3.14 bits per heavy atom. The second kappa shape index (κ2) is 5.15. The molecule has 0 radical (unpaired) electrons. The molecule has 4 rings (SSSR count). The van der Waals surface area contributed by atoms with Crippen molar-refractivity contribution in [3.05, 3.63) is 41.9 Å². The number of hydrogen-bond donors (Lipinski definition) is 0. The molecule has 108 valence electrons. The molecule has 5 heteroatoms. The first-order valence-electron chi connectivity index (χ1n) is 7.31. The van der Waals surface area contributed by atoms with Crippen molar-refractivity contribution in [2.24, 2.45) is 5.92 Å². The highest BCUT2D eigenvalue weighted by atomic mass is 32.1. The van der Waals surface area contributed by atoms with Gasteiger partial charge in [-0.25, -0.2) is 9.97 Å². The van der Waals surface area contributed by atoms with Crippen LogP contribution in [-0.2, 0) is 0 Å². The van der Waals surface area contributed by atoms with E-state index >= 15 is 0 Å². The van der Waals surface area contributed by atoms with Crippen LogP contribution in [0.3, 0.4) is 0 Å². The van der Waals surface area contributed by atoms with Gasteiger partial charge < -0.3 is 9.32 Å². The van der Waals surface area contributed by atoms with E-state index in [9.17, 15) is 0 Å². The first-order valence-corrected chi connectivity index (χ1v) is 8.19. The third-order valence-electron chi connectivity index (χ3n) is 4.25. The molecule has 2 unspecified atom stereocenters. The molecule has 1 aliphatic heterocycles. The van der Waals surface area contributed by atoms with E-state index in [0.29, 0.717) is 5.92 Å². The summed E-state index contributed by atoms with van der Waals surface area (Å²) >= 11 is 1.66. The van der Waals surface area contributed by atoms with Crippen LogP contribution in [0.4, 0.5) is 5.82 Å². The standard InChI is InChI=1S/C16H17N3OS/c1-11-4-6-19(13(9-11)14-3-2-7-20-14)15-12-5-8-21-16(12)18-10-17-15/h2-3,5,7-8,10-11,13H,4,6,9H2,1H3. The highest BCUT2D eigenvalue weighted by Crippen LogP contribution is 2.39. The summed E-state index contributed by atoms with van der Waals surface area (Å²) < 4.78 is 5.68. The molecular formula is C16H17N3OS. The lowest BCUT2D eigenvalue weighted by molar-refractivity contribution is 0.327. The Hall–Kier alpha value is -1.88. The van der Waals surface area contributed by atoms with Crippen LogP contribution in [0.5, 0.6) is 0 Å². The highest BCUT2D eigenvalue weighted by molar-refractivity contribution is 7.16. The summed E-state index contributed by atoms with van der Waals surface area (Å²) in [5.74, 6) is 2.77. The Bertz CT molecular complexity index is 737. The monoisotopic (exact) mass is 299 g/mol. The van der Waals surface area contributed by atoms with Crippen LogP contribution in [-0.4, -0.2) is 16.5 Å². The Kier molecular flexibility index (Phi) is 3.15. The molecule has 1 aliphatic rings. The van der Waals surface area contributed by atoms with E-state index in [0.717, 1.165) is 34.8 Å². The van der Waals surface area contributed by atoms with Gasteiger partial charge in [0.15, 0.2) is 0 Å².